The van der Waals surface area contributed by atoms with Crippen LogP contribution in [0.25, 0.3) is 10.2 Å². The van der Waals surface area contributed by atoms with Crippen molar-refractivity contribution < 1.29 is 0 Å². The van der Waals surface area contributed by atoms with Gasteiger partial charge in [0.25, 0.3) is 0 Å². The molecule has 0 aliphatic carbocycles. The van der Waals surface area contributed by atoms with Crippen molar-refractivity contribution >= 4 is 26.7 Å². The second-order valence-corrected chi connectivity index (χ2v) is 5.55. The van der Waals surface area contributed by atoms with Gasteiger partial charge in [-0.05, 0) is 31.4 Å². The molecule has 1 aliphatic rings. The molecule has 1 fully saturated rings. The minimum atomic E-state index is 0.476. The lowest BCUT2D eigenvalue weighted by atomic mass is 10.0. The molecule has 17 heavy (non-hydrogen) atoms. The molecule has 3 nitrogen and oxygen atoms in total. The lowest BCUT2D eigenvalue weighted by Crippen LogP contribution is -2.44. The van der Waals surface area contributed by atoms with E-state index in [9.17, 15) is 0 Å². The molecular weight excluding hydrogens is 230 g/mol. The van der Waals surface area contributed by atoms with Gasteiger partial charge in [-0.2, -0.15) is 0 Å². The maximum atomic E-state index is 5.86. The highest BCUT2D eigenvalue weighted by molar-refractivity contribution is 7.22. The zero-order valence-electron chi connectivity index (χ0n) is 9.80. The largest absolute Gasteiger partial charge is 0.344 e. The van der Waals surface area contributed by atoms with Gasteiger partial charge >= 0.3 is 0 Å². The average molecular weight is 247 g/mol. The SMILES string of the molecule is NC[C@@H]1CCCCN1c1nc2ccccc2s1. The monoisotopic (exact) mass is 247 g/mol. The van der Waals surface area contributed by atoms with Crippen LogP contribution in [0, 0.1) is 0 Å². The molecule has 1 aromatic carbocycles. The summed E-state index contributed by atoms with van der Waals surface area (Å²) in [6.45, 7) is 1.83. The fraction of sp³-hybridized carbons (Fsp3) is 0.462. The number of para-hydroxylation sites is 1. The van der Waals surface area contributed by atoms with Crippen LogP contribution in [-0.2, 0) is 0 Å². The Hall–Kier alpha value is -1.13. The summed E-state index contributed by atoms with van der Waals surface area (Å²) >= 11 is 1.78. The fourth-order valence-corrected chi connectivity index (χ4v) is 3.54. The van der Waals surface area contributed by atoms with E-state index in [0.29, 0.717) is 6.04 Å². The minimum Gasteiger partial charge on any atom is -0.344 e. The second kappa shape index (κ2) is 4.63. The summed E-state index contributed by atoms with van der Waals surface area (Å²) in [5.74, 6) is 0. The summed E-state index contributed by atoms with van der Waals surface area (Å²) < 4.78 is 1.27. The van der Waals surface area contributed by atoms with Gasteiger partial charge in [-0.15, -0.1) is 0 Å². The maximum Gasteiger partial charge on any atom is 0.186 e. The van der Waals surface area contributed by atoms with Gasteiger partial charge in [-0.1, -0.05) is 23.5 Å². The highest BCUT2D eigenvalue weighted by atomic mass is 32.1. The van der Waals surface area contributed by atoms with Crippen molar-refractivity contribution in [3.8, 4) is 0 Å². The molecular formula is C13H17N3S. The zero-order chi connectivity index (χ0) is 11.7. The van der Waals surface area contributed by atoms with E-state index in [1.54, 1.807) is 11.3 Å². The summed E-state index contributed by atoms with van der Waals surface area (Å²) in [7, 11) is 0. The molecule has 0 saturated carbocycles. The van der Waals surface area contributed by atoms with Crippen LogP contribution in [0.3, 0.4) is 0 Å². The zero-order valence-corrected chi connectivity index (χ0v) is 10.6. The molecule has 0 spiro atoms. The molecule has 2 aromatic rings. The van der Waals surface area contributed by atoms with Gasteiger partial charge in [-0.25, -0.2) is 4.98 Å². The van der Waals surface area contributed by atoms with Crippen molar-refractivity contribution in [2.24, 2.45) is 5.73 Å². The van der Waals surface area contributed by atoms with Crippen LogP contribution in [0.2, 0.25) is 0 Å². The highest BCUT2D eigenvalue weighted by Crippen LogP contribution is 2.32. The fourth-order valence-electron chi connectivity index (χ4n) is 2.48. The summed E-state index contributed by atoms with van der Waals surface area (Å²) in [6.07, 6.45) is 3.75. The lowest BCUT2D eigenvalue weighted by Gasteiger charge is -2.34. The van der Waals surface area contributed by atoms with Crippen LogP contribution in [0.1, 0.15) is 19.3 Å². The van der Waals surface area contributed by atoms with Gasteiger partial charge < -0.3 is 10.6 Å². The molecule has 1 saturated heterocycles. The Morgan fingerprint density at radius 1 is 1.35 bits per heavy atom. The minimum absolute atomic E-state index is 0.476. The van der Waals surface area contributed by atoms with Crippen molar-refractivity contribution in [1.29, 1.82) is 0 Å². The molecule has 4 heteroatoms. The number of rotatable bonds is 2. The van der Waals surface area contributed by atoms with E-state index in [4.69, 9.17) is 10.7 Å². The third-order valence-electron chi connectivity index (χ3n) is 3.43. The number of hydrogen-bond donors (Lipinski definition) is 1. The highest BCUT2D eigenvalue weighted by Gasteiger charge is 2.23. The van der Waals surface area contributed by atoms with Crippen molar-refractivity contribution in [2.45, 2.75) is 25.3 Å². The number of fused-ring (bicyclic) bond motifs is 1. The Bertz CT molecular complexity index is 475. The van der Waals surface area contributed by atoms with Gasteiger partial charge in [0, 0.05) is 19.1 Å². The van der Waals surface area contributed by atoms with Crippen LogP contribution in [0.5, 0.6) is 0 Å². The molecule has 0 amide bonds. The first-order chi connectivity index (χ1) is 8.38. The quantitative estimate of drug-likeness (QED) is 0.887. The molecule has 90 valence electrons. The molecule has 0 radical (unpaired) electrons. The van der Waals surface area contributed by atoms with Crippen LogP contribution in [-0.4, -0.2) is 24.1 Å². The predicted molar refractivity (Wildman–Crippen MR) is 73.7 cm³/mol. The number of aromatic nitrogens is 1. The number of nitrogens with two attached hydrogens (primary N) is 1. The Morgan fingerprint density at radius 3 is 3.06 bits per heavy atom. The van der Waals surface area contributed by atoms with E-state index in [1.807, 2.05) is 6.07 Å². The van der Waals surface area contributed by atoms with E-state index in [1.165, 1.54) is 24.0 Å². The number of benzene rings is 1. The van der Waals surface area contributed by atoms with Crippen molar-refractivity contribution in [3.63, 3.8) is 0 Å². The normalized spacial score (nSPS) is 21.0. The molecule has 0 unspecified atom stereocenters. The van der Waals surface area contributed by atoms with Gasteiger partial charge in [0.2, 0.25) is 0 Å². The van der Waals surface area contributed by atoms with E-state index in [2.05, 4.69) is 23.1 Å². The van der Waals surface area contributed by atoms with Gasteiger partial charge in [0.1, 0.15) is 0 Å². The van der Waals surface area contributed by atoms with Gasteiger partial charge in [0.15, 0.2) is 5.13 Å². The standard InChI is InChI=1S/C13H17N3S/c14-9-10-5-3-4-8-16(10)13-15-11-6-1-2-7-12(11)17-13/h1-2,6-7,10H,3-5,8-9,14H2/t10-/m0/s1. The number of thiazole rings is 1. The third kappa shape index (κ3) is 2.03. The second-order valence-electron chi connectivity index (χ2n) is 4.54. The van der Waals surface area contributed by atoms with E-state index >= 15 is 0 Å². The van der Waals surface area contributed by atoms with Crippen LogP contribution in [0.4, 0.5) is 5.13 Å². The molecule has 1 aliphatic heterocycles. The van der Waals surface area contributed by atoms with Crippen LogP contribution in [0.15, 0.2) is 24.3 Å². The van der Waals surface area contributed by atoms with Crippen molar-refractivity contribution in [3.05, 3.63) is 24.3 Å². The summed E-state index contributed by atoms with van der Waals surface area (Å²) in [5, 5.41) is 1.14. The maximum absolute atomic E-state index is 5.86. The van der Waals surface area contributed by atoms with Gasteiger partial charge in [0.05, 0.1) is 10.2 Å². The molecule has 2 N–H and O–H groups in total. The number of anilines is 1. The summed E-state index contributed by atoms with van der Waals surface area (Å²) in [5.41, 5.74) is 6.97. The summed E-state index contributed by atoms with van der Waals surface area (Å²) in [4.78, 5) is 7.12. The number of piperidine rings is 1. The van der Waals surface area contributed by atoms with Crippen molar-refractivity contribution in [1.82, 2.24) is 4.98 Å². The first kappa shape index (κ1) is 11.0. The summed E-state index contributed by atoms with van der Waals surface area (Å²) in [6, 6.07) is 8.81. The topological polar surface area (TPSA) is 42.1 Å². The Labute approximate surface area is 105 Å². The van der Waals surface area contributed by atoms with E-state index in [-0.39, 0.29) is 0 Å². The Kier molecular flexibility index (Phi) is 2.99. The Morgan fingerprint density at radius 2 is 2.24 bits per heavy atom. The lowest BCUT2D eigenvalue weighted by molar-refractivity contribution is 0.465. The molecule has 0 bridgehead atoms. The average Bonchev–Trinajstić information content (AvgIpc) is 2.82. The first-order valence-electron chi connectivity index (χ1n) is 6.21. The third-order valence-corrected chi connectivity index (χ3v) is 4.50. The van der Waals surface area contributed by atoms with Gasteiger partial charge in [-0.3, -0.25) is 0 Å². The molecule has 3 rings (SSSR count). The van der Waals surface area contributed by atoms with Crippen LogP contribution >= 0.6 is 11.3 Å². The molecule has 2 heterocycles. The van der Waals surface area contributed by atoms with E-state index in [0.717, 1.165) is 23.7 Å². The smallest absolute Gasteiger partial charge is 0.186 e. The molecule has 1 atom stereocenters. The van der Waals surface area contributed by atoms with Crippen LogP contribution < -0.4 is 10.6 Å². The van der Waals surface area contributed by atoms with E-state index < -0.39 is 0 Å². The predicted octanol–water partition coefficient (Wildman–Crippen LogP) is 2.61. The number of hydrogen-bond acceptors (Lipinski definition) is 4. The number of nitrogens with zero attached hydrogens (tertiary/aromatic N) is 2. The Balaban J connectivity index is 1.96. The van der Waals surface area contributed by atoms with Crippen molar-refractivity contribution in [2.75, 3.05) is 18.0 Å². The first-order valence-corrected chi connectivity index (χ1v) is 7.02. The molecule has 1 aromatic heterocycles.